The van der Waals surface area contributed by atoms with Crippen LogP contribution in [0.2, 0.25) is 0 Å². The SMILES string of the molecule is CC(C)(C)C12CCC[C@@H](C(=O)CC1)N2C(=O)O. The zero-order valence-corrected chi connectivity index (χ0v) is 10.8. The molecule has 0 aromatic rings. The van der Waals surface area contributed by atoms with Crippen LogP contribution in [0.5, 0.6) is 0 Å². The van der Waals surface area contributed by atoms with Gasteiger partial charge in [-0.25, -0.2) is 4.79 Å². The minimum atomic E-state index is -0.933. The Kier molecular flexibility index (Phi) is 2.71. The first-order chi connectivity index (χ1) is 7.79. The van der Waals surface area contributed by atoms with E-state index in [1.165, 1.54) is 4.90 Å². The van der Waals surface area contributed by atoms with Gasteiger partial charge in [-0.15, -0.1) is 0 Å². The molecule has 1 N–H and O–H groups in total. The number of hydrogen-bond donors (Lipinski definition) is 1. The van der Waals surface area contributed by atoms with Crippen molar-refractivity contribution < 1.29 is 14.7 Å². The molecule has 2 aliphatic heterocycles. The Balaban J connectivity index is 2.48. The highest BCUT2D eigenvalue weighted by Crippen LogP contribution is 2.50. The molecule has 0 spiro atoms. The van der Waals surface area contributed by atoms with E-state index in [9.17, 15) is 14.7 Å². The van der Waals surface area contributed by atoms with E-state index in [-0.39, 0.29) is 16.7 Å². The summed E-state index contributed by atoms with van der Waals surface area (Å²) < 4.78 is 0. The Morgan fingerprint density at radius 1 is 1.41 bits per heavy atom. The van der Waals surface area contributed by atoms with E-state index < -0.39 is 12.1 Å². The molecule has 0 saturated carbocycles. The fourth-order valence-electron chi connectivity index (χ4n) is 3.61. The van der Waals surface area contributed by atoms with Crippen LogP contribution in [0, 0.1) is 5.41 Å². The molecule has 17 heavy (non-hydrogen) atoms. The second-order valence-corrected chi connectivity index (χ2v) is 6.31. The lowest BCUT2D eigenvalue weighted by molar-refractivity contribution is -0.143. The van der Waals surface area contributed by atoms with E-state index in [4.69, 9.17) is 0 Å². The molecule has 2 atom stereocenters. The molecule has 2 aliphatic rings. The van der Waals surface area contributed by atoms with Crippen LogP contribution in [0.4, 0.5) is 4.79 Å². The zero-order valence-electron chi connectivity index (χ0n) is 10.8. The first-order valence-corrected chi connectivity index (χ1v) is 6.34. The van der Waals surface area contributed by atoms with Gasteiger partial charge in [0.25, 0.3) is 0 Å². The summed E-state index contributed by atoms with van der Waals surface area (Å²) in [5, 5.41) is 9.46. The fraction of sp³-hybridized carbons (Fsp3) is 0.846. The summed E-state index contributed by atoms with van der Waals surface area (Å²) >= 11 is 0. The molecule has 96 valence electrons. The van der Waals surface area contributed by atoms with Crippen molar-refractivity contribution in [3.8, 4) is 0 Å². The van der Waals surface area contributed by atoms with Gasteiger partial charge < -0.3 is 5.11 Å². The maximum absolute atomic E-state index is 11.9. The third-order valence-electron chi connectivity index (χ3n) is 4.60. The second-order valence-electron chi connectivity index (χ2n) is 6.31. The number of piperidine rings is 2. The molecule has 2 rings (SSSR count). The molecule has 1 unspecified atom stereocenters. The Bertz CT molecular complexity index is 358. The predicted molar refractivity (Wildman–Crippen MR) is 63.9 cm³/mol. The van der Waals surface area contributed by atoms with E-state index in [2.05, 4.69) is 20.8 Å². The normalized spacial score (nSPS) is 33.7. The zero-order chi connectivity index (χ0) is 12.8. The number of carbonyl (C=O) groups excluding carboxylic acids is 1. The number of fused-ring (bicyclic) bond motifs is 2. The molecule has 1 amide bonds. The van der Waals surface area contributed by atoms with Gasteiger partial charge in [0, 0.05) is 6.42 Å². The number of amides is 1. The van der Waals surface area contributed by atoms with Crippen LogP contribution in [0.25, 0.3) is 0 Å². The molecule has 2 saturated heterocycles. The van der Waals surface area contributed by atoms with Gasteiger partial charge in [0.15, 0.2) is 5.78 Å². The molecule has 0 aliphatic carbocycles. The largest absolute Gasteiger partial charge is 0.465 e. The summed E-state index contributed by atoms with van der Waals surface area (Å²) in [6, 6.07) is -0.394. The van der Waals surface area contributed by atoms with Gasteiger partial charge in [-0.2, -0.15) is 0 Å². The Morgan fingerprint density at radius 2 is 2.06 bits per heavy atom. The molecule has 4 nitrogen and oxygen atoms in total. The van der Waals surface area contributed by atoms with Gasteiger partial charge in [-0.1, -0.05) is 20.8 Å². The van der Waals surface area contributed by atoms with Crippen LogP contribution in [0.3, 0.4) is 0 Å². The predicted octanol–water partition coefficient (Wildman–Crippen LogP) is 2.67. The van der Waals surface area contributed by atoms with Crippen LogP contribution in [-0.2, 0) is 4.79 Å². The Morgan fingerprint density at radius 3 is 2.59 bits per heavy atom. The van der Waals surface area contributed by atoms with Crippen LogP contribution < -0.4 is 0 Å². The third kappa shape index (κ3) is 1.65. The number of carbonyl (C=O) groups is 2. The maximum Gasteiger partial charge on any atom is 0.408 e. The number of Topliss-reactive ketones (excluding diaryl/α,β-unsaturated/α-hetero) is 1. The Hall–Kier alpha value is -1.06. The number of ketones is 1. The van der Waals surface area contributed by atoms with Gasteiger partial charge in [0.05, 0.1) is 11.6 Å². The van der Waals surface area contributed by atoms with Gasteiger partial charge in [-0.3, -0.25) is 9.69 Å². The van der Waals surface area contributed by atoms with Crippen LogP contribution in [-0.4, -0.2) is 33.5 Å². The quantitative estimate of drug-likeness (QED) is 0.707. The van der Waals surface area contributed by atoms with Crippen LogP contribution >= 0.6 is 0 Å². The summed E-state index contributed by atoms with van der Waals surface area (Å²) in [6.07, 6.45) is 2.81. The molecule has 2 bridgehead atoms. The molecule has 2 heterocycles. The van der Waals surface area contributed by atoms with E-state index in [0.29, 0.717) is 19.3 Å². The Labute approximate surface area is 102 Å². The number of hydrogen-bond acceptors (Lipinski definition) is 2. The molecule has 4 heteroatoms. The number of nitrogens with zero attached hydrogens (tertiary/aromatic N) is 1. The first-order valence-electron chi connectivity index (χ1n) is 6.34. The van der Waals surface area contributed by atoms with Crippen molar-refractivity contribution in [2.45, 2.75) is 64.5 Å². The fourth-order valence-corrected chi connectivity index (χ4v) is 3.61. The highest BCUT2D eigenvalue weighted by atomic mass is 16.4. The second kappa shape index (κ2) is 3.72. The van der Waals surface area contributed by atoms with Crippen molar-refractivity contribution in [3.63, 3.8) is 0 Å². The van der Waals surface area contributed by atoms with Crippen LogP contribution in [0.15, 0.2) is 0 Å². The average Bonchev–Trinajstić information content (AvgIpc) is 2.21. The minimum Gasteiger partial charge on any atom is -0.465 e. The van der Waals surface area contributed by atoms with E-state index >= 15 is 0 Å². The summed E-state index contributed by atoms with van der Waals surface area (Å²) in [4.78, 5) is 24.9. The summed E-state index contributed by atoms with van der Waals surface area (Å²) in [7, 11) is 0. The highest BCUT2D eigenvalue weighted by molar-refractivity contribution is 5.89. The number of rotatable bonds is 0. The lowest BCUT2D eigenvalue weighted by Crippen LogP contribution is -2.68. The van der Waals surface area contributed by atoms with Crippen molar-refractivity contribution in [3.05, 3.63) is 0 Å². The van der Waals surface area contributed by atoms with Crippen LogP contribution in [0.1, 0.15) is 52.9 Å². The number of carboxylic acid groups (broad SMARTS) is 1. The molecule has 0 aromatic carbocycles. The molecule has 2 fully saturated rings. The van der Waals surface area contributed by atoms with Crippen molar-refractivity contribution in [1.82, 2.24) is 4.90 Å². The summed E-state index contributed by atoms with van der Waals surface area (Å²) in [6.45, 7) is 6.25. The maximum atomic E-state index is 11.9. The third-order valence-corrected chi connectivity index (χ3v) is 4.60. The van der Waals surface area contributed by atoms with Gasteiger partial charge >= 0.3 is 6.09 Å². The van der Waals surface area contributed by atoms with Crippen molar-refractivity contribution >= 4 is 11.9 Å². The lowest BCUT2D eigenvalue weighted by Gasteiger charge is -2.58. The molecular formula is C13H21NO3. The van der Waals surface area contributed by atoms with E-state index in [1.807, 2.05) is 0 Å². The lowest BCUT2D eigenvalue weighted by atomic mass is 9.61. The summed E-state index contributed by atoms with van der Waals surface area (Å²) in [5.41, 5.74) is -0.472. The van der Waals surface area contributed by atoms with E-state index in [1.54, 1.807) is 0 Å². The smallest absolute Gasteiger partial charge is 0.408 e. The topological polar surface area (TPSA) is 57.6 Å². The summed E-state index contributed by atoms with van der Waals surface area (Å²) in [5.74, 6) is 0.104. The van der Waals surface area contributed by atoms with Crippen molar-refractivity contribution in [1.29, 1.82) is 0 Å². The van der Waals surface area contributed by atoms with Crippen molar-refractivity contribution in [2.24, 2.45) is 5.41 Å². The van der Waals surface area contributed by atoms with E-state index in [0.717, 1.165) is 12.8 Å². The van der Waals surface area contributed by atoms with Gasteiger partial charge in [0.2, 0.25) is 0 Å². The van der Waals surface area contributed by atoms with Gasteiger partial charge in [-0.05, 0) is 31.1 Å². The first kappa shape index (κ1) is 12.4. The highest BCUT2D eigenvalue weighted by Gasteiger charge is 2.57. The molecule has 0 aromatic heterocycles. The standard InChI is InChI=1S/C13H21NO3/c1-12(2,3)13-7-4-5-9(10(15)6-8-13)14(13)11(16)17/h9H,4-8H2,1-3H3,(H,16,17)/t9-,13?/m0/s1. The molecular weight excluding hydrogens is 218 g/mol. The average molecular weight is 239 g/mol. The molecule has 0 radical (unpaired) electrons. The minimum absolute atomic E-state index is 0.104. The van der Waals surface area contributed by atoms with Crippen molar-refractivity contribution in [2.75, 3.05) is 0 Å². The van der Waals surface area contributed by atoms with Gasteiger partial charge in [0.1, 0.15) is 0 Å². The monoisotopic (exact) mass is 239 g/mol.